The number of sulfonamides is 1. The van der Waals surface area contributed by atoms with Gasteiger partial charge in [-0.15, -0.1) is 0 Å². The van der Waals surface area contributed by atoms with Gasteiger partial charge in [-0.05, 0) is 42.7 Å². The number of carbonyl (C=O) groups is 2. The average Bonchev–Trinajstić information content (AvgIpc) is 2.66. The number of hydrogen-bond acceptors (Lipinski definition) is 6. The number of benzene rings is 2. The molecule has 0 bridgehead atoms. The molecule has 0 saturated carbocycles. The molecule has 2 aromatic rings. The van der Waals surface area contributed by atoms with E-state index in [4.69, 9.17) is 4.74 Å². The Bertz CT molecular complexity index is 1030. The van der Waals surface area contributed by atoms with Gasteiger partial charge in [0.2, 0.25) is 10.0 Å². The Labute approximate surface area is 176 Å². The minimum atomic E-state index is -3.87. The summed E-state index contributed by atoms with van der Waals surface area (Å²) in [4.78, 5) is 23.6. The number of nitrogens with one attached hydrogen (secondary N) is 2. The number of hydrogen-bond donors (Lipinski definition) is 2. The molecule has 0 unspecified atom stereocenters. The van der Waals surface area contributed by atoms with E-state index < -0.39 is 27.9 Å². The van der Waals surface area contributed by atoms with Crippen LogP contribution in [0.3, 0.4) is 0 Å². The maximum Gasteiger partial charge on any atom is 0.308 e. The zero-order valence-electron chi connectivity index (χ0n) is 17.2. The van der Waals surface area contributed by atoms with Crippen LogP contribution in [0.5, 0.6) is 5.75 Å². The highest BCUT2D eigenvalue weighted by Gasteiger charge is 2.28. The van der Waals surface area contributed by atoms with E-state index in [0.29, 0.717) is 11.3 Å². The predicted molar refractivity (Wildman–Crippen MR) is 114 cm³/mol. The molecule has 2 N–H and O–H groups in total. The molecular formula is C21H25N3O5S. The number of rotatable bonds is 8. The van der Waals surface area contributed by atoms with Crippen molar-refractivity contribution in [2.75, 3.05) is 0 Å². The molecule has 0 spiro atoms. The summed E-state index contributed by atoms with van der Waals surface area (Å²) in [5, 5.41) is 3.88. The van der Waals surface area contributed by atoms with Gasteiger partial charge in [-0.25, -0.2) is 13.8 Å². The number of hydrazone groups is 1. The minimum absolute atomic E-state index is 0.0809. The van der Waals surface area contributed by atoms with Gasteiger partial charge in [0.1, 0.15) is 11.8 Å². The summed E-state index contributed by atoms with van der Waals surface area (Å²) in [6.45, 7) is 6.61. The highest BCUT2D eigenvalue weighted by atomic mass is 32.2. The van der Waals surface area contributed by atoms with E-state index in [0.717, 1.165) is 5.56 Å². The van der Waals surface area contributed by atoms with Crippen LogP contribution in [0.1, 0.15) is 31.9 Å². The average molecular weight is 432 g/mol. The molecule has 0 fully saturated rings. The zero-order valence-corrected chi connectivity index (χ0v) is 18.1. The van der Waals surface area contributed by atoms with Crippen molar-refractivity contribution in [2.45, 2.75) is 38.6 Å². The van der Waals surface area contributed by atoms with Crippen LogP contribution < -0.4 is 14.9 Å². The van der Waals surface area contributed by atoms with Gasteiger partial charge in [0, 0.05) is 6.92 Å². The van der Waals surface area contributed by atoms with Crippen molar-refractivity contribution < 1.29 is 22.7 Å². The van der Waals surface area contributed by atoms with Gasteiger partial charge in [0.25, 0.3) is 5.91 Å². The second-order valence-corrected chi connectivity index (χ2v) is 8.77. The van der Waals surface area contributed by atoms with Crippen molar-refractivity contribution in [1.29, 1.82) is 0 Å². The highest BCUT2D eigenvalue weighted by molar-refractivity contribution is 7.89. The molecule has 30 heavy (non-hydrogen) atoms. The smallest absolute Gasteiger partial charge is 0.308 e. The van der Waals surface area contributed by atoms with Gasteiger partial charge in [-0.2, -0.15) is 9.82 Å². The van der Waals surface area contributed by atoms with Gasteiger partial charge < -0.3 is 4.74 Å². The van der Waals surface area contributed by atoms with Crippen molar-refractivity contribution in [3.63, 3.8) is 0 Å². The lowest BCUT2D eigenvalue weighted by Crippen LogP contribution is -2.48. The monoisotopic (exact) mass is 431 g/mol. The first kappa shape index (κ1) is 23.2. The number of aryl methyl sites for hydroxylation is 1. The maximum atomic E-state index is 12.6. The molecule has 2 aromatic carbocycles. The fraction of sp³-hybridized carbons (Fsp3) is 0.286. The van der Waals surface area contributed by atoms with Gasteiger partial charge in [0.15, 0.2) is 0 Å². The Morgan fingerprint density at radius 2 is 1.77 bits per heavy atom. The van der Waals surface area contributed by atoms with Crippen LogP contribution in [-0.4, -0.2) is 32.6 Å². The zero-order chi connectivity index (χ0) is 22.3. The summed E-state index contributed by atoms with van der Waals surface area (Å²) < 4.78 is 32.7. The summed E-state index contributed by atoms with van der Waals surface area (Å²) in [5.41, 5.74) is 3.87. The summed E-state index contributed by atoms with van der Waals surface area (Å²) in [6.07, 6.45) is 1.37. The largest absolute Gasteiger partial charge is 0.427 e. The van der Waals surface area contributed by atoms with Gasteiger partial charge in [0.05, 0.1) is 11.1 Å². The molecule has 160 valence electrons. The molecule has 0 radical (unpaired) electrons. The molecule has 2 rings (SSSR count). The number of nitrogens with zero attached hydrogens (tertiary/aromatic N) is 1. The number of amides is 1. The Morgan fingerprint density at radius 3 is 2.37 bits per heavy atom. The third-order valence-electron chi connectivity index (χ3n) is 4.07. The highest BCUT2D eigenvalue weighted by Crippen LogP contribution is 2.14. The molecule has 9 heteroatoms. The predicted octanol–water partition coefficient (Wildman–Crippen LogP) is 2.37. The number of esters is 1. The second-order valence-electron chi connectivity index (χ2n) is 7.06. The van der Waals surface area contributed by atoms with Crippen LogP contribution in [0.2, 0.25) is 0 Å². The molecular weight excluding hydrogens is 406 g/mol. The van der Waals surface area contributed by atoms with E-state index in [1.54, 1.807) is 50.2 Å². The third kappa shape index (κ3) is 6.78. The molecule has 0 aliphatic heterocycles. The molecule has 0 heterocycles. The lowest BCUT2D eigenvalue weighted by atomic mass is 10.1. The van der Waals surface area contributed by atoms with Crippen LogP contribution in [0.25, 0.3) is 0 Å². The van der Waals surface area contributed by atoms with Crippen LogP contribution in [0.4, 0.5) is 0 Å². The normalized spacial score (nSPS) is 12.7. The maximum absolute atomic E-state index is 12.6. The lowest BCUT2D eigenvalue weighted by Gasteiger charge is -2.20. The van der Waals surface area contributed by atoms with E-state index in [-0.39, 0.29) is 10.8 Å². The fourth-order valence-corrected chi connectivity index (χ4v) is 3.85. The van der Waals surface area contributed by atoms with Crippen LogP contribution >= 0.6 is 0 Å². The Hall–Kier alpha value is -3.04. The molecule has 0 aliphatic rings. The van der Waals surface area contributed by atoms with Crippen LogP contribution in [0.15, 0.2) is 58.5 Å². The fourth-order valence-electron chi connectivity index (χ4n) is 2.51. The summed E-state index contributed by atoms with van der Waals surface area (Å²) in [7, 11) is -3.87. The standard InChI is InChI=1S/C21H25N3O5S/c1-14(2)20(24-30(27,28)19-10-8-15(3)9-11-19)21(26)23-22-13-17-6-5-7-18(12-17)29-16(4)25/h5-14,20,24H,1-4H3,(H,23,26)/b22-13-/t20-/m1/s1. The second kappa shape index (κ2) is 10.1. The minimum Gasteiger partial charge on any atom is -0.427 e. The van der Waals surface area contributed by atoms with Crippen LogP contribution in [-0.2, 0) is 19.6 Å². The number of carbonyl (C=O) groups excluding carboxylic acids is 2. The number of ether oxygens (including phenoxy) is 1. The molecule has 8 nitrogen and oxygen atoms in total. The van der Waals surface area contributed by atoms with Crippen molar-refractivity contribution in [2.24, 2.45) is 11.0 Å². The van der Waals surface area contributed by atoms with E-state index in [1.165, 1.54) is 25.3 Å². The summed E-state index contributed by atoms with van der Waals surface area (Å²) in [5.74, 6) is -0.998. The topological polar surface area (TPSA) is 114 Å². The summed E-state index contributed by atoms with van der Waals surface area (Å²) >= 11 is 0. The SMILES string of the molecule is CC(=O)Oc1cccc(/C=N\NC(=O)[C@H](NS(=O)(=O)c2ccc(C)cc2)C(C)C)c1. The molecule has 0 aromatic heterocycles. The first-order valence-corrected chi connectivity index (χ1v) is 10.8. The van der Waals surface area contributed by atoms with E-state index in [1.807, 2.05) is 6.92 Å². The molecule has 1 amide bonds. The quantitative estimate of drug-likeness (QED) is 0.288. The van der Waals surface area contributed by atoms with E-state index >= 15 is 0 Å². The van der Waals surface area contributed by atoms with Crippen molar-refractivity contribution in [3.8, 4) is 5.75 Å². The van der Waals surface area contributed by atoms with E-state index in [9.17, 15) is 18.0 Å². The Balaban J connectivity index is 2.08. The first-order valence-electron chi connectivity index (χ1n) is 9.29. The van der Waals surface area contributed by atoms with Crippen molar-refractivity contribution >= 4 is 28.1 Å². The summed E-state index contributed by atoms with van der Waals surface area (Å²) in [6, 6.07) is 11.9. The van der Waals surface area contributed by atoms with Crippen molar-refractivity contribution in [3.05, 3.63) is 59.7 Å². The van der Waals surface area contributed by atoms with Gasteiger partial charge in [-0.1, -0.05) is 43.7 Å². The van der Waals surface area contributed by atoms with Crippen molar-refractivity contribution in [1.82, 2.24) is 10.1 Å². The van der Waals surface area contributed by atoms with Gasteiger partial charge >= 0.3 is 5.97 Å². The Kier molecular flexibility index (Phi) is 7.85. The third-order valence-corrected chi connectivity index (χ3v) is 5.53. The van der Waals surface area contributed by atoms with Gasteiger partial charge in [-0.3, -0.25) is 9.59 Å². The first-order chi connectivity index (χ1) is 14.1. The lowest BCUT2D eigenvalue weighted by molar-refractivity contribution is -0.131. The van der Waals surface area contributed by atoms with Crippen LogP contribution in [0, 0.1) is 12.8 Å². The molecule has 0 aliphatic carbocycles. The molecule has 0 saturated heterocycles. The van der Waals surface area contributed by atoms with E-state index in [2.05, 4.69) is 15.2 Å². The molecule has 1 atom stereocenters. The Morgan fingerprint density at radius 1 is 1.10 bits per heavy atom.